The molecule has 0 unspecified atom stereocenters. The molecule has 1 fully saturated rings. The predicted octanol–water partition coefficient (Wildman–Crippen LogP) is 2.09. The number of benzene rings is 1. The van der Waals surface area contributed by atoms with Gasteiger partial charge in [-0.2, -0.15) is 0 Å². The number of anilines is 1. The topological polar surface area (TPSA) is 73.6 Å². The van der Waals surface area contributed by atoms with Crippen LogP contribution in [-0.4, -0.2) is 37.7 Å². The first-order valence-corrected chi connectivity index (χ1v) is 7.10. The van der Waals surface area contributed by atoms with E-state index in [2.05, 4.69) is 5.32 Å². The Labute approximate surface area is 127 Å². The minimum Gasteiger partial charge on any atom is -0.487 e. The zero-order valence-corrected chi connectivity index (χ0v) is 12.4. The lowest BCUT2D eigenvalue weighted by Crippen LogP contribution is -2.54. The highest BCUT2D eigenvalue weighted by Crippen LogP contribution is 2.25. The molecule has 0 radical (unpaired) electrons. The van der Waals surface area contributed by atoms with Gasteiger partial charge in [0.1, 0.15) is 17.9 Å². The first kappa shape index (κ1) is 16.6. The number of ether oxygens (including phenoxy) is 2. The van der Waals surface area contributed by atoms with Crippen molar-refractivity contribution in [2.75, 3.05) is 25.1 Å². The molecule has 2 rings (SSSR count). The van der Waals surface area contributed by atoms with E-state index in [0.29, 0.717) is 43.1 Å². The SMILES string of the molecule is Cc1ccc(NC(=O)C2(N)CCOCC2)cc1OCC(F)F. The van der Waals surface area contributed by atoms with Gasteiger partial charge >= 0.3 is 0 Å². The Hall–Kier alpha value is -1.73. The average Bonchev–Trinajstić information content (AvgIpc) is 2.48. The summed E-state index contributed by atoms with van der Waals surface area (Å²) in [7, 11) is 0. The zero-order chi connectivity index (χ0) is 16.2. The molecule has 1 heterocycles. The number of amides is 1. The van der Waals surface area contributed by atoms with E-state index in [-0.39, 0.29) is 5.91 Å². The van der Waals surface area contributed by atoms with Gasteiger partial charge in [0, 0.05) is 25.0 Å². The van der Waals surface area contributed by atoms with E-state index < -0.39 is 18.6 Å². The Kier molecular flexibility index (Phi) is 5.31. The molecule has 0 atom stereocenters. The van der Waals surface area contributed by atoms with Crippen molar-refractivity contribution in [1.82, 2.24) is 0 Å². The van der Waals surface area contributed by atoms with Crippen LogP contribution in [0.3, 0.4) is 0 Å². The van der Waals surface area contributed by atoms with Crippen molar-refractivity contribution in [3.63, 3.8) is 0 Å². The van der Waals surface area contributed by atoms with Crippen molar-refractivity contribution in [3.8, 4) is 5.75 Å². The van der Waals surface area contributed by atoms with Crippen LogP contribution in [0.4, 0.5) is 14.5 Å². The largest absolute Gasteiger partial charge is 0.487 e. The summed E-state index contributed by atoms with van der Waals surface area (Å²) >= 11 is 0. The van der Waals surface area contributed by atoms with Crippen molar-refractivity contribution in [1.29, 1.82) is 0 Å². The highest BCUT2D eigenvalue weighted by Gasteiger charge is 2.35. The number of aryl methyl sites for hydroxylation is 1. The monoisotopic (exact) mass is 314 g/mol. The van der Waals surface area contributed by atoms with Crippen LogP contribution in [0.25, 0.3) is 0 Å². The first-order chi connectivity index (χ1) is 10.4. The molecule has 1 aliphatic rings. The number of alkyl halides is 2. The van der Waals surface area contributed by atoms with E-state index in [0.717, 1.165) is 0 Å². The summed E-state index contributed by atoms with van der Waals surface area (Å²) in [6.07, 6.45) is -1.66. The minimum atomic E-state index is -2.55. The third-order valence-corrected chi connectivity index (χ3v) is 3.65. The standard InChI is InChI=1S/C15H20F2N2O3/c1-10-2-3-11(8-12(10)22-9-13(16)17)19-14(20)15(18)4-6-21-7-5-15/h2-3,8,13H,4-7,9,18H2,1H3,(H,19,20). The Morgan fingerprint density at radius 3 is 2.77 bits per heavy atom. The van der Waals surface area contributed by atoms with E-state index in [1.165, 1.54) is 6.07 Å². The molecule has 122 valence electrons. The maximum atomic E-state index is 12.3. The van der Waals surface area contributed by atoms with Crippen molar-refractivity contribution in [2.24, 2.45) is 5.73 Å². The molecule has 0 saturated carbocycles. The number of carbonyl (C=O) groups excluding carboxylic acids is 1. The summed E-state index contributed by atoms with van der Waals surface area (Å²) in [4.78, 5) is 12.3. The van der Waals surface area contributed by atoms with Crippen LogP contribution in [0.1, 0.15) is 18.4 Å². The third kappa shape index (κ3) is 4.14. The molecule has 1 amide bonds. The highest BCUT2D eigenvalue weighted by molar-refractivity contribution is 5.98. The quantitative estimate of drug-likeness (QED) is 0.873. The predicted molar refractivity (Wildman–Crippen MR) is 78.3 cm³/mol. The Bertz CT molecular complexity index is 532. The number of nitrogens with two attached hydrogens (primary N) is 1. The van der Waals surface area contributed by atoms with Crippen LogP contribution in [0.5, 0.6) is 5.75 Å². The van der Waals surface area contributed by atoms with E-state index in [1.807, 2.05) is 0 Å². The Morgan fingerprint density at radius 2 is 2.14 bits per heavy atom. The van der Waals surface area contributed by atoms with Gasteiger partial charge in [0.2, 0.25) is 5.91 Å². The van der Waals surface area contributed by atoms with E-state index >= 15 is 0 Å². The molecule has 1 aliphatic heterocycles. The van der Waals surface area contributed by atoms with Gasteiger partial charge in [0.15, 0.2) is 0 Å². The van der Waals surface area contributed by atoms with E-state index in [9.17, 15) is 13.6 Å². The van der Waals surface area contributed by atoms with Crippen LogP contribution in [-0.2, 0) is 9.53 Å². The summed E-state index contributed by atoms with van der Waals surface area (Å²) in [5, 5.41) is 2.72. The number of nitrogens with one attached hydrogen (secondary N) is 1. The van der Waals surface area contributed by atoms with Gasteiger partial charge in [-0.1, -0.05) is 6.07 Å². The fraction of sp³-hybridized carbons (Fsp3) is 0.533. The van der Waals surface area contributed by atoms with Crippen molar-refractivity contribution in [2.45, 2.75) is 31.7 Å². The number of hydrogen-bond donors (Lipinski definition) is 2. The molecule has 7 heteroatoms. The Morgan fingerprint density at radius 1 is 1.45 bits per heavy atom. The molecule has 1 saturated heterocycles. The number of halogens is 2. The molecule has 0 aliphatic carbocycles. The van der Waals surface area contributed by atoms with Crippen molar-refractivity contribution in [3.05, 3.63) is 23.8 Å². The van der Waals surface area contributed by atoms with Crippen LogP contribution < -0.4 is 15.8 Å². The molecule has 22 heavy (non-hydrogen) atoms. The van der Waals surface area contributed by atoms with Gasteiger partial charge in [-0.05, 0) is 31.4 Å². The summed E-state index contributed by atoms with van der Waals surface area (Å²) in [6, 6.07) is 4.91. The van der Waals surface area contributed by atoms with Crippen molar-refractivity contribution < 1.29 is 23.0 Å². The highest BCUT2D eigenvalue weighted by atomic mass is 19.3. The summed E-state index contributed by atoms with van der Waals surface area (Å²) in [6.45, 7) is 1.95. The van der Waals surface area contributed by atoms with Crippen LogP contribution in [0.2, 0.25) is 0 Å². The fourth-order valence-corrected chi connectivity index (χ4v) is 2.20. The number of hydrogen-bond acceptors (Lipinski definition) is 4. The summed E-state index contributed by atoms with van der Waals surface area (Å²) in [5.74, 6) is 0.00983. The van der Waals surface area contributed by atoms with Gasteiger partial charge < -0.3 is 20.5 Å². The normalized spacial score (nSPS) is 17.3. The first-order valence-electron chi connectivity index (χ1n) is 7.10. The van der Waals surface area contributed by atoms with Gasteiger partial charge in [0.25, 0.3) is 6.43 Å². The molecular weight excluding hydrogens is 294 g/mol. The summed E-state index contributed by atoms with van der Waals surface area (Å²) in [5.41, 5.74) is 6.31. The molecule has 3 N–H and O–H groups in total. The minimum absolute atomic E-state index is 0.306. The second-order valence-electron chi connectivity index (χ2n) is 5.41. The second kappa shape index (κ2) is 7.02. The number of rotatable bonds is 5. The average molecular weight is 314 g/mol. The molecule has 0 bridgehead atoms. The fourth-order valence-electron chi connectivity index (χ4n) is 2.20. The zero-order valence-electron chi connectivity index (χ0n) is 12.4. The lowest BCUT2D eigenvalue weighted by Gasteiger charge is -2.31. The summed E-state index contributed by atoms with van der Waals surface area (Å²) < 4.78 is 34.7. The van der Waals surface area contributed by atoms with Crippen LogP contribution in [0, 0.1) is 6.92 Å². The van der Waals surface area contributed by atoms with Crippen molar-refractivity contribution >= 4 is 11.6 Å². The number of carbonyl (C=O) groups is 1. The van der Waals surface area contributed by atoms with E-state index in [4.69, 9.17) is 15.2 Å². The van der Waals surface area contributed by atoms with Crippen LogP contribution in [0.15, 0.2) is 18.2 Å². The lowest BCUT2D eigenvalue weighted by atomic mass is 9.90. The smallest absolute Gasteiger partial charge is 0.272 e. The van der Waals surface area contributed by atoms with Gasteiger partial charge in [-0.25, -0.2) is 8.78 Å². The maximum Gasteiger partial charge on any atom is 0.272 e. The molecule has 0 aromatic heterocycles. The molecular formula is C15H20F2N2O3. The third-order valence-electron chi connectivity index (χ3n) is 3.65. The second-order valence-corrected chi connectivity index (χ2v) is 5.41. The molecule has 5 nitrogen and oxygen atoms in total. The molecule has 1 aromatic carbocycles. The van der Waals surface area contributed by atoms with E-state index in [1.54, 1.807) is 19.1 Å². The lowest BCUT2D eigenvalue weighted by molar-refractivity contribution is -0.124. The Balaban J connectivity index is 2.05. The van der Waals surface area contributed by atoms with Gasteiger partial charge in [-0.3, -0.25) is 4.79 Å². The van der Waals surface area contributed by atoms with Gasteiger partial charge in [-0.15, -0.1) is 0 Å². The molecule has 0 spiro atoms. The molecule has 1 aromatic rings. The van der Waals surface area contributed by atoms with Crippen LogP contribution >= 0.6 is 0 Å². The van der Waals surface area contributed by atoms with Gasteiger partial charge in [0.05, 0.1) is 0 Å². The maximum absolute atomic E-state index is 12.3.